The largest absolute Gasteiger partial charge is 0.480 e. The molecule has 0 saturated carbocycles. The first-order valence-electron chi connectivity index (χ1n) is 9.20. The number of nitrogens with one attached hydrogen (secondary N) is 1. The summed E-state index contributed by atoms with van der Waals surface area (Å²) in [6.45, 7) is 1.40. The maximum Gasteiger partial charge on any atom is 0.317 e. The number of unbranched alkanes of at least 4 members (excludes halogenated alkanes) is 2. The molecule has 0 fully saturated rings. The summed E-state index contributed by atoms with van der Waals surface area (Å²) in [5, 5.41) is 10.2. The van der Waals surface area contributed by atoms with Gasteiger partial charge in [0.05, 0.1) is 11.4 Å². The van der Waals surface area contributed by atoms with E-state index in [0.717, 1.165) is 18.4 Å². The molecular formula is C20H24Cl2N2O4S. The van der Waals surface area contributed by atoms with Gasteiger partial charge in [0.15, 0.2) is 0 Å². The Balaban J connectivity index is 1.74. The lowest BCUT2D eigenvalue weighted by Crippen LogP contribution is -2.30. The van der Waals surface area contributed by atoms with Crippen molar-refractivity contribution in [3.63, 3.8) is 0 Å². The van der Waals surface area contributed by atoms with Crippen molar-refractivity contribution >= 4 is 39.2 Å². The van der Waals surface area contributed by atoms with Crippen LogP contribution in [-0.4, -0.2) is 44.0 Å². The normalized spacial score (nSPS) is 11.7. The highest BCUT2D eigenvalue weighted by Gasteiger charge is 2.13. The molecular weight excluding hydrogens is 435 g/mol. The Morgan fingerprint density at radius 3 is 2.10 bits per heavy atom. The van der Waals surface area contributed by atoms with Gasteiger partial charge in [-0.25, -0.2) is 13.1 Å². The van der Waals surface area contributed by atoms with E-state index in [1.165, 1.54) is 24.3 Å². The summed E-state index contributed by atoms with van der Waals surface area (Å²) in [5.74, 6) is -0.880. The molecule has 0 aliphatic heterocycles. The fourth-order valence-corrected chi connectivity index (χ4v) is 4.12. The lowest BCUT2D eigenvalue weighted by Gasteiger charge is -2.20. The Morgan fingerprint density at radius 2 is 1.52 bits per heavy atom. The fraction of sp³-hybridized carbons (Fsp3) is 0.350. The van der Waals surface area contributed by atoms with Crippen LogP contribution in [0, 0.1) is 0 Å². The van der Waals surface area contributed by atoms with Gasteiger partial charge in [-0.3, -0.25) is 9.69 Å². The highest BCUT2D eigenvalue weighted by molar-refractivity contribution is 7.89. The Bertz CT molecular complexity index is 888. The Hall–Kier alpha value is -1.64. The zero-order chi connectivity index (χ0) is 21.3. The second-order valence-electron chi connectivity index (χ2n) is 6.64. The van der Waals surface area contributed by atoms with Gasteiger partial charge in [0.2, 0.25) is 10.0 Å². The van der Waals surface area contributed by atoms with Gasteiger partial charge < -0.3 is 5.11 Å². The van der Waals surface area contributed by atoms with Crippen molar-refractivity contribution in [3.05, 3.63) is 64.1 Å². The SMILES string of the molecule is O=C(O)CN(CCCCCNS(=O)(=O)c1ccc(Cl)cc1)Cc1ccc(Cl)cc1. The quantitative estimate of drug-likeness (QED) is 0.468. The van der Waals surface area contributed by atoms with Crippen molar-refractivity contribution in [2.75, 3.05) is 19.6 Å². The van der Waals surface area contributed by atoms with Crippen LogP contribution in [0.1, 0.15) is 24.8 Å². The maximum atomic E-state index is 12.2. The van der Waals surface area contributed by atoms with E-state index in [0.29, 0.717) is 36.1 Å². The van der Waals surface area contributed by atoms with Crippen LogP contribution in [0.25, 0.3) is 0 Å². The zero-order valence-corrected chi connectivity index (χ0v) is 18.2. The first-order valence-corrected chi connectivity index (χ1v) is 11.4. The molecule has 158 valence electrons. The smallest absolute Gasteiger partial charge is 0.317 e. The fourth-order valence-electron chi connectivity index (χ4n) is 2.79. The minimum Gasteiger partial charge on any atom is -0.480 e. The molecule has 0 aromatic heterocycles. The van der Waals surface area contributed by atoms with Crippen molar-refractivity contribution in [2.24, 2.45) is 0 Å². The number of carboxylic acids is 1. The molecule has 2 rings (SSSR count). The van der Waals surface area contributed by atoms with E-state index < -0.39 is 16.0 Å². The van der Waals surface area contributed by atoms with Crippen molar-refractivity contribution in [3.8, 4) is 0 Å². The molecule has 0 aliphatic rings. The summed E-state index contributed by atoms with van der Waals surface area (Å²) < 4.78 is 27.0. The average molecular weight is 459 g/mol. The number of halogens is 2. The predicted molar refractivity (Wildman–Crippen MR) is 115 cm³/mol. The second-order valence-corrected chi connectivity index (χ2v) is 9.28. The molecule has 0 aliphatic carbocycles. The van der Waals surface area contributed by atoms with Gasteiger partial charge in [-0.05, 0) is 61.3 Å². The molecule has 0 atom stereocenters. The van der Waals surface area contributed by atoms with Gasteiger partial charge in [-0.2, -0.15) is 0 Å². The Morgan fingerprint density at radius 1 is 0.931 bits per heavy atom. The molecule has 9 heteroatoms. The summed E-state index contributed by atoms with van der Waals surface area (Å²) in [7, 11) is -3.55. The van der Waals surface area contributed by atoms with E-state index in [4.69, 9.17) is 28.3 Å². The van der Waals surface area contributed by atoms with E-state index in [1.807, 2.05) is 17.0 Å². The highest BCUT2D eigenvalue weighted by atomic mass is 35.5. The lowest BCUT2D eigenvalue weighted by atomic mass is 10.2. The van der Waals surface area contributed by atoms with E-state index in [9.17, 15) is 13.2 Å². The van der Waals surface area contributed by atoms with Crippen molar-refractivity contribution < 1.29 is 18.3 Å². The minimum absolute atomic E-state index is 0.0498. The number of hydrogen-bond donors (Lipinski definition) is 2. The molecule has 2 aromatic carbocycles. The topological polar surface area (TPSA) is 86.7 Å². The van der Waals surface area contributed by atoms with Crippen LogP contribution < -0.4 is 4.72 Å². The molecule has 29 heavy (non-hydrogen) atoms. The van der Waals surface area contributed by atoms with E-state index in [1.54, 1.807) is 12.1 Å². The molecule has 0 saturated heterocycles. The van der Waals surface area contributed by atoms with Crippen molar-refractivity contribution in [1.82, 2.24) is 9.62 Å². The summed E-state index contributed by atoms with van der Waals surface area (Å²) in [4.78, 5) is 13.1. The Kier molecular flexibility index (Phi) is 9.39. The van der Waals surface area contributed by atoms with Crippen LogP contribution in [-0.2, 0) is 21.4 Å². The van der Waals surface area contributed by atoms with Crippen LogP contribution in [0.4, 0.5) is 0 Å². The van der Waals surface area contributed by atoms with Gasteiger partial charge in [-0.15, -0.1) is 0 Å². The number of nitrogens with zero attached hydrogens (tertiary/aromatic N) is 1. The van der Waals surface area contributed by atoms with Gasteiger partial charge in [0, 0.05) is 23.1 Å². The van der Waals surface area contributed by atoms with Crippen molar-refractivity contribution in [2.45, 2.75) is 30.7 Å². The van der Waals surface area contributed by atoms with E-state index in [2.05, 4.69) is 4.72 Å². The molecule has 0 unspecified atom stereocenters. The number of carbonyl (C=O) groups is 1. The molecule has 0 radical (unpaired) electrons. The van der Waals surface area contributed by atoms with Gasteiger partial charge in [0.1, 0.15) is 0 Å². The predicted octanol–water partition coefficient (Wildman–Crippen LogP) is 4.03. The number of sulfonamides is 1. The zero-order valence-electron chi connectivity index (χ0n) is 15.9. The van der Waals surface area contributed by atoms with E-state index >= 15 is 0 Å². The molecule has 0 heterocycles. The number of aliphatic carboxylic acids is 1. The monoisotopic (exact) mass is 458 g/mol. The number of benzene rings is 2. The van der Waals surface area contributed by atoms with Crippen molar-refractivity contribution in [1.29, 1.82) is 0 Å². The summed E-state index contributed by atoms with van der Waals surface area (Å²) in [6, 6.07) is 13.3. The summed E-state index contributed by atoms with van der Waals surface area (Å²) in [6.07, 6.45) is 2.21. The van der Waals surface area contributed by atoms with Crippen LogP contribution in [0.2, 0.25) is 10.0 Å². The molecule has 2 aromatic rings. The third-order valence-electron chi connectivity index (χ3n) is 4.25. The molecule has 2 N–H and O–H groups in total. The van der Waals surface area contributed by atoms with Gasteiger partial charge in [-0.1, -0.05) is 41.8 Å². The molecule has 0 bridgehead atoms. The van der Waals surface area contributed by atoms with E-state index in [-0.39, 0.29) is 11.4 Å². The number of hydrogen-bond acceptors (Lipinski definition) is 4. The highest BCUT2D eigenvalue weighted by Crippen LogP contribution is 2.14. The Labute approximate surface area is 181 Å². The standard InChI is InChI=1S/C20H24Cl2N2O4S/c21-17-6-4-16(5-7-17)14-24(15-20(25)26)13-3-1-2-12-23-29(27,28)19-10-8-18(22)9-11-19/h4-11,23H,1-3,12-15H2,(H,25,26). The van der Waals surface area contributed by atoms with Crippen LogP contribution in [0.5, 0.6) is 0 Å². The maximum absolute atomic E-state index is 12.2. The average Bonchev–Trinajstić information content (AvgIpc) is 2.66. The summed E-state index contributed by atoms with van der Waals surface area (Å²) in [5.41, 5.74) is 0.992. The van der Waals surface area contributed by atoms with Crippen LogP contribution >= 0.6 is 23.2 Å². The molecule has 0 amide bonds. The third-order valence-corrected chi connectivity index (χ3v) is 6.23. The number of rotatable bonds is 12. The van der Waals surface area contributed by atoms with Crippen LogP contribution in [0.15, 0.2) is 53.4 Å². The van der Waals surface area contributed by atoms with Gasteiger partial charge in [0.25, 0.3) is 0 Å². The second kappa shape index (κ2) is 11.5. The van der Waals surface area contributed by atoms with Gasteiger partial charge >= 0.3 is 5.97 Å². The first kappa shape index (κ1) is 23.6. The van der Waals surface area contributed by atoms with Crippen LogP contribution in [0.3, 0.4) is 0 Å². The minimum atomic E-state index is -3.55. The third kappa shape index (κ3) is 8.72. The first-order chi connectivity index (χ1) is 13.8. The molecule has 6 nitrogen and oxygen atoms in total. The number of carboxylic acid groups (broad SMARTS) is 1. The lowest BCUT2D eigenvalue weighted by molar-refractivity contribution is -0.138. The summed E-state index contributed by atoms with van der Waals surface area (Å²) >= 11 is 11.7. The molecule has 0 spiro atoms.